The molecule has 7 nitrogen and oxygen atoms in total. The van der Waals surface area contributed by atoms with Gasteiger partial charge in [-0.05, 0) is 87.0 Å². The van der Waals surface area contributed by atoms with Crippen LogP contribution in [0.3, 0.4) is 0 Å². The van der Waals surface area contributed by atoms with Gasteiger partial charge in [0.05, 0.1) is 11.0 Å². The molecule has 0 aliphatic rings. The van der Waals surface area contributed by atoms with Crippen LogP contribution in [0.1, 0.15) is 35.5 Å². The molecule has 4 aromatic rings. The largest absolute Gasteiger partial charge is 0.465 e. The lowest BCUT2D eigenvalue weighted by Gasteiger charge is -2.24. The van der Waals surface area contributed by atoms with Crippen molar-refractivity contribution in [1.29, 1.82) is 0 Å². The Balaban J connectivity index is 1.43. The van der Waals surface area contributed by atoms with Gasteiger partial charge in [0.2, 0.25) is 5.91 Å². The van der Waals surface area contributed by atoms with Crippen LogP contribution in [0.2, 0.25) is 5.02 Å². The molecule has 40 heavy (non-hydrogen) atoms. The van der Waals surface area contributed by atoms with E-state index >= 15 is 0 Å². The first-order valence-electron chi connectivity index (χ1n) is 12.4. The molecule has 4 rings (SSSR count). The van der Waals surface area contributed by atoms with Crippen molar-refractivity contribution in [2.75, 3.05) is 10.6 Å². The van der Waals surface area contributed by atoms with Crippen LogP contribution in [0.5, 0.6) is 0 Å². The van der Waals surface area contributed by atoms with Gasteiger partial charge in [0.15, 0.2) is 0 Å². The van der Waals surface area contributed by atoms with Gasteiger partial charge in [0.25, 0.3) is 11.8 Å². The Morgan fingerprint density at radius 1 is 0.875 bits per heavy atom. The number of furan rings is 1. The fourth-order valence-electron chi connectivity index (χ4n) is 3.62. The molecule has 3 N–H and O–H groups in total. The third-order valence-electron chi connectivity index (χ3n) is 5.91. The van der Waals surface area contributed by atoms with E-state index in [0.29, 0.717) is 27.7 Å². The van der Waals surface area contributed by atoms with Crippen LogP contribution in [0.4, 0.5) is 11.4 Å². The molecular weight excluding hydrogens is 546 g/mol. The Morgan fingerprint density at radius 2 is 1.60 bits per heavy atom. The standard InChI is InChI=1S/C31H28ClN3O4S/c1-20-25(32)12-7-13-26(20)35-30(38)31(2,3)40-24-16-14-22(15-17-24)33-29(37)27(19-23-11-8-18-39-23)34-28(36)21-9-5-4-6-10-21/h4-19H,1-3H3,(H,33,37)(H,34,36)(H,35,38). The second-order valence-corrected chi connectivity index (χ2v) is 11.5. The van der Waals surface area contributed by atoms with Crippen molar-refractivity contribution in [3.8, 4) is 0 Å². The van der Waals surface area contributed by atoms with Gasteiger partial charge in [0.1, 0.15) is 11.5 Å². The van der Waals surface area contributed by atoms with Gasteiger partial charge in [-0.3, -0.25) is 14.4 Å². The van der Waals surface area contributed by atoms with E-state index in [1.54, 1.807) is 66.7 Å². The van der Waals surface area contributed by atoms with E-state index in [1.165, 1.54) is 24.1 Å². The van der Waals surface area contributed by atoms with Crippen molar-refractivity contribution in [3.63, 3.8) is 0 Å². The van der Waals surface area contributed by atoms with Gasteiger partial charge >= 0.3 is 0 Å². The lowest BCUT2D eigenvalue weighted by molar-refractivity contribution is -0.117. The number of rotatable bonds is 9. The number of thioether (sulfide) groups is 1. The maximum absolute atomic E-state index is 13.1. The van der Waals surface area contributed by atoms with E-state index in [2.05, 4.69) is 16.0 Å². The minimum Gasteiger partial charge on any atom is -0.465 e. The monoisotopic (exact) mass is 573 g/mol. The molecule has 0 unspecified atom stereocenters. The van der Waals surface area contributed by atoms with E-state index in [9.17, 15) is 14.4 Å². The molecule has 0 saturated carbocycles. The summed E-state index contributed by atoms with van der Waals surface area (Å²) < 4.78 is 4.54. The number of anilines is 2. The topological polar surface area (TPSA) is 100 Å². The second-order valence-electron chi connectivity index (χ2n) is 9.35. The van der Waals surface area contributed by atoms with Crippen molar-refractivity contribution < 1.29 is 18.8 Å². The number of benzene rings is 3. The minimum atomic E-state index is -0.791. The highest BCUT2D eigenvalue weighted by Crippen LogP contribution is 2.35. The van der Waals surface area contributed by atoms with E-state index in [0.717, 1.165) is 10.5 Å². The Morgan fingerprint density at radius 3 is 2.27 bits per heavy atom. The molecule has 3 aromatic carbocycles. The summed E-state index contributed by atoms with van der Waals surface area (Å²) in [6.07, 6.45) is 2.94. The highest BCUT2D eigenvalue weighted by Gasteiger charge is 2.29. The number of amides is 3. The fraction of sp³-hybridized carbons (Fsp3) is 0.129. The number of hydrogen-bond acceptors (Lipinski definition) is 5. The first-order valence-corrected chi connectivity index (χ1v) is 13.6. The molecule has 0 spiro atoms. The normalized spacial score (nSPS) is 11.6. The highest BCUT2D eigenvalue weighted by atomic mass is 35.5. The molecule has 0 radical (unpaired) electrons. The second kappa shape index (κ2) is 12.7. The number of nitrogens with one attached hydrogen (secondary N) is 3. The average molecular weight is 574 g/mol. The third kappa shape index (κ3) is 7.43. The van der Waals surface area contributed by atoms with Crippen LogP contribution in [0, 0.1) is 6.92 Å². The molecule has 0 atom stereocenters. The summed E-state index contributed by atoms with van der Waals surface area (Å²) >= 11 is 7.57. The molecule has 0 bridgehead atoms. The minimum absolute atomic E-state index is 0.0244. The van der Waals surface area contributed by atoms with Crippen LogP contribution in [-0.4, -0.2) is 22.5 Å². The summed E-state index contributed by atoms with van der Waals surface area (Å²) in [7, 11) is 0. The summed E-state index contributed by atoms with van der Waals surface area (Å²) in [5.41, 5.74) is 2.43. The molecule has 1 heterocycles. The molecule has 0 aliphatic heterocycles. The zero-order valence-electron chi connectivity index (χ0n) is 22.2. The first kappa shape index (κ1) is 28.7. The third-order valence-corrected chi connectivity index (χ3v) is 7.52. The predicted octanol–water partition coefficient (Wildman–Crippen LogP) is 7.16. The van der Waals surface area contributed by atoms with Gasteiger partial charge < -0.3 is 20.4 Å². The lowest BCUT2D eigenvalue weighted by Crippen LogP contribution is -2.34. The maximum Gasteiger partial charge on any atom is 0.272 e. The Labute approximate surface area is 242 Å². The van der Waals surface area contributed by atoms with Gasteiger partial charge in [-0.1, -0.05) is 35.9 Å². The molecular formula is C31H28ClN3O4S. The van der Waals surface area contributed by atoms with Crippen LogP contribution in [0.25, 0.3) is 6.08 Å². The summed E-state index contributed by atoms with van der Waals surface area (Å²) in [5.74, 6) is -0.688. The molecule has 9 heteroatoms. The lowest BCUT2D eigenvalue weighted by atomic mass is 10.1. The quantitative estimate of drug-likeness (QED) is 0.146. The van der Waals surface area contributed by atoms with E-state index < -0.39 is 16.6 Å². The van der Waals surface area contributed by atoms with Crippen LogP contribution >= 0.6 is 23.4 Å². The molecule has 204 valence electrons. The Hall–Kier alpha value is -4.27. The van der Waals surface area contributed by atoms with E-state index in [-0.39, 0.29) is 11.6 Å². The summed E-state index contributed by atoms with van der Waals surface area (Å²) in [6, 6.07) is 24.5. The van der Waals surface area contributed by atoms with Gasteiger partial charge in [0, 0.05) is 32.9 Å². The highest BCUT2D eigenvalue weighted by molar-refractivity contribution is 8.01. The van der Waals surface area contributed by atoms with Crippen molar-refractivity contribution in [2.24, 2.45) is 0 Å². The Bertz CT molecular complexity index is 1530. The number of carbonyl (C=O) groups excluding carboxylic acids is 3. The zero-order valence-corrected chi connectivity index (χ0v) is 23.7. The van der Waals surface area contributed by atoms with Gasteiger partial charge in [-0.15, -0.1) is 11.8 Å². The predicted molar refractivity (Wildman–Crippen MR) is 160 cm³/mol. The van der Waals surface area contributed by atoms with Crippen molar-refractivity contribution in [1.82, 2.24) is 5.32 Å². The van der Waals surface area contributed by atoms with Gasteiger partial charge in [-0.25, -0.2) is 0 Å². The summed E-state index contributed by atoms with van der Waals surface area (Å²) in [4.78, 5) is 39.7. The van der Waals surface area contributed by atoms with Crippen molar-refractivity contribution >= 4 is 58.5 Å². The maximum atomic E-state index is 13.1. The first-order chi connectivity index (χ1) is 19.1. The smallest absolute Gasteiger partial charge is 0.272 e. The van der Waals surface area contributed by atoms with Crippen LogP contribution in [-0.2, 0) is 9.59 Å². The van der Waals surface area contributed by atoms with Gasteiger partial charge in [-0.2, -0.15) is 0 Å². The summed E-state index contributed by atoms with van der Waals surface area (Å²) in [6.45, 7) is 5.53. The SMILES string of the molecule is Cc1c(Cl)cccc1NC(=O)C(C)(C)Sc1ccc(NC(=O)C(=Cc2ccco2)NC(=O)c2ccccc2)cc1. The molecule has 0 aliphatic carbocycles. The van der Waals surface area contributed by atoms with Crippen molar-refractivity contribution in [3.05, 3.63) is 119 Å². The summed E-state index contributed by atoms with van der Waals surface area (Å²) in [5, 5.41) is 9.01. The molecule has 1 aromatic heterocycles. The average Bonchev–Trinajstić information content (AvgIpc) is 3.45. The molecule has 0 fully saturated rings. The number of hydrogen-bond donors (Lipinski definition) is 3. The molecule has 3 amide bonds. The van der Waals surface area contributed by atoms with E-state index in [4.69, 9.17) is 16.0 Å². The van der Waals surface area contributed by atoms with Crippen molar-refractivity contribution in [2.45, 2.75) is 30.4 Å². The zero-order chi connectivity index (χ0) is 28.7. The number of halogens is 1. The number of carbonyl (C=O) groups is 3. The van der Waals surface area contributed by atoms with E-state index in [1.807, 2.05) is 39.0 Å². The van der Waals surface area contributed by atoms with Crippen LogP contribution in [0.15, 0.2) is 106 Å². The Kier molecular flexibility index (Phi) is 9.14. The van der Waals surface area contributed by atoms with Crippen LogP contribution < -0.4 is 16.0 Å². The molecule has 0 saturated heterocycles. The fourth-order valence-corrected chi connectivity index (χ4v) is 4.80.